The molecule has 0 aliphatic carbocycles. The van der Waals surface area contributed by atoms with Crippen molar-refractivity contribution in [3.8, 4) is 73.1 Å². The minimum atomic E-state index is 0.701. The Morgan fingerprint density at radius 2 is 0.870 bits per heavy atom. The smallest absolute Gasteiger partial charge is 0.160 e. The number of para-hydroxylation sites is 2. The van der Waals surface area contributed by atoms with Crippen molar-refractivity contribution in [2.45, 2.75) is 0 Å². The van der Waals surface area contributed by atoms with Crippen molar-refractivity contribution in [2.75, 3.05) is 4.90 Å². The summed E-state index contributed by atoms with van der Waals surface area (Å²) in [5.74, 6) is 0.701. The molecule has 9 aromatic rings. The molecule has 0 radical (unpaired) electrons. The van der Waals surface area contributed by atoms with Gasteiger partial charge >= 0.3 is 0 Å². The van der Waals surface area contributed by atoms with Gasteiger partial charge in [0, 0.05) is 45.4 Å². The van der Waals surface area contributed by atoms with Gasteiger partial charge in [-0.2, -0.15) is 0 Å². The fourth-order valence-corrected chi connectivity index (χ4v) is 7.63. The molecule has 0 amide bonds. The molecule has 10 rings (SSSR count). The fourth-order valence-electron chi connectivity index (χ4n) is 7.63. The first-order chi connectivity index (χ1) is 26.8. The summed E-state index contributed by atoms with van der Waals surface area (Å²) >= 11 is 0. The third-order valence-electron chi connectivity index (χ3n) is 10.2. The monoisotopic (exact) mass is 690 g/mol. The fraction of sp³-hybridized carbons (Fsp3) is 0. The number of benzene rings is 7. The Morgan fingerprint density at radius 1 is 0.333 bits per heavy atom. The Bertz CT molecular complexity index is 2690. The average Bonchev–Trinajstić information content (AvgIpc) is 3.64. The second-order valence-corrected chi connectivity index (χ2v) is 13.5. The van der Waals surface area contributed by atoms with E-state index in [2.05, 4.69) is 179 Å². The molecule has 0 spiro atoms. The van der Waals surface area contributed by atoms with Gasteiger partial charge in [-0.15, -0.1) is 0 Å². The molecular weight excluding hydrogens is 657 g/mol. The number of nitrogens with zero attached hydrogens (tertiary/aromatic N) is 4. The second kappa shape index (κ2) is 13.4. The van der Waals surface area contributed by atoms with Gasteiger partial charge in [0.15, 0.2) is 5.82 Å². The van der Waals surface area contributed by atoms with Gasteiger partial charge in [0.1, 0.15) is 0 Å². The summed E-state index contributed by atoms with van der Waals surface area (Å²) in [6.45, 7) is 0. The lowest BCUT2D eigenvalue weighted by molar-refractivity contribution is 1.09. The van der Waals surface area contributed by atoms with Crippen LogP contribution in [0.2, 0.25) is 0 Å². The molecule has 0 saturated carbocycles. The lowest BCUT2D eigenvalue weighted by Gasteiger charge is -2.26. The molecule has 1 aliphatic heterocycles. The van der Waals surface area contributed by atoms with Crippen LogP contribution in [0.3, 0.4) is 0 Å². The summed E-state index contributed by atoms with van der Waals surface area (Å²) < 4.78 is 2.31. The van der Waals surface area contributed by atoms with E-state index in [0.717, 1.165) is 67.6 Å². The Kier molecular flexibility index (Phi) is 7.77. The van der Waals surface area contributed by atoms with E-state index in [-0.39, 0.29) is 0 Å². The average molecular weight is 691 g/mol. The maximum absolute atomic E-state index is 5.05. The zero-order valence-corrected chi connectivity index (χ0v) is 29.4. The molecule has 0 bridgehead atoms. The van der Waals surface area contributed by atoms with Crippen molar-refractivity contribution in [1.82, 2.24) is 14.5 Å². The molecule has 0 atom stereocenters. The molecule has 4 heteroatoms. The number of aromatic nitrogens is 3. The Balaban J connectivity index is 1.07. The minimum absolute atomic E-state index is 0.701. The van der Waals surface area contributed by atoms with Crippen LogP contribution in [0.25, 0.3) is 73.1 Å². The van der Waals surface area contributed by atoms with E-state index in [4.69, 9.17) is 9.97 Å². The molecule has 3 heterocycles. The van der Waals surface area contributed by atoms with Crippen LogP contribution in [-0.4, -0.2) is 14.5 Å². The van der Waals surface area contributed by atoms with Crippen LogP contribution in [0, 0.1) is 0 Å². The number of hydrogen-bond donors (Lipinski definition) is 0. The van der Waals surface area contributed by atoms with E-state index in [0.29, 0.717) is 5.82 Å². The van der Waals surface area contributed by atoms with Crippen LogP contribution in [0.4, 0.5) is 17.1 Å². The van der Waals surface area contributed by atoms with Crippen LogP contribution in [-0.2, 0) is 0 Å². The summed E-state index contributed by atoms with van der Waals surface area (Å²) in [5, 5.41) is 0. The molecule has 0 fully saturated rings. The van der Waals surface area contributed by atoms with E-state index >= 15 is 0 Å². The van der Waals surface area contributed by atoms with Crippen molar-refractivity contribution in [1.29, 1.82) is 0 Å². The maximum atomic E-state index is 5.05. The molecule has 2 aromatic heterocycles. The molecule has 0 N–H and O–H groups in total. The first-order valence-corrected chi connectivity index (χ1v) is 18.2. The van der Waals surface area contributed by atoms with Crippen molar-refractivity contribution in [3.63, 3.8) is 0 Å². The largest absolute Gasteiger partial charge is 0.315 e. The van der Waals surface area contributed by atoms with Gasteiger partial charge in [-0.1, -0.05) is 158 Å². The van der Waals surface area contributed by atoms with E-state index in [9.17, 15) is 0 Å². The summed E-state index contributed by atoms with van der Waals surface area (Å²) in [6, 6.07) is 70.5. The normalized spacial score (nSPS) is 11.7. The Hall–Kier alpha value is -7.30. The summed E-state index contributed by atoms with van der Waals surface area (Å²) in [7, 11) is 0. The standard InChI is InChI=1S/C50H34N4/c1-4-15-36(16-5-1)45-34-46(37-17-6-2-7-18-37)52-50(51-45)38-29-27-35(28-30-38)39-19-14-22-41(33-39)54-47-26-13-12-24-43(47)42-23-10-11-25-44(42)49-48(54)31-32-53(49)40-20-8-3-9-21-40/h1-34H. The van der Waals surface area contributed by atoms with Crippen molar-refractivity contribution in [2.24, 2.45) is 0 Å². The van der Waals surface area contributed by atoms with E-state index in [1.807, 2.05) is 36.4 Å². The highest BCUT2D eigenvalue weighted by Crippen LogP contribution is 2.51. The predicted molar refractivity (Wildman–Crippen MR) is 222 cm³/mol. The van der Waals surface area contributed by atoms with Crippen LogP contribution >= 0.6 is 0 Å². The van der Waals surface area contributed by atoms with Crippen LogP contribution in [0.1, 0.15) is 0 Å². The second-order valence-electron chi connectivity index (χ2n) is 13.5. The molecule has 7 aromatic carbocycles. The van der Waals surface area contributed by atoms with Gasteiger partial charge in [0.2, 0.25) is 0 Å². The highest BCUT2D eigenvalue weighted by atomic mass is 15.2. The van der Waals surface area contributed by atoms with Crippen LogP contribution in [0.5, 0.6) is 0 Å². The Labute approximate surface area is 315 Å². The van der Waals surface area contributed by atoms with Gasteiger partial charge in [-0.05, 0) is 59.2 Å². The van der Waals surface area contributed by atoms with Crippen molar-refractivity contribution < 1.29 is 0 Å². The van der Waals surface area contributed by atoms with Gasteiger partial charge in [0.25, 0.3) is 0 Å². The lowest BCUT2D eigenvalue weighted by atomic mass is 9.97. The van der Waals surface area contributed by atoms with Crippen LogP contribution < -0.4 is 4.90 Å². The molecule has 0 unspecified atom stereocenters. The molecule has 0 saturated heterocycles. The van der Waals surface area contributed by atoms with Gasteiger partial charge < -0.3 is 9.47 Å². The minimum Gasteiger partial charge on any atom is -0.315 e. The van der Waals surface area contributed by atoms with E-state index in [1.165, 1.54) is 16.7 Å². The highest BCUT2D eigenvalue weighted by Gasteiger charge is 2.28. The third kappa shape index (κ3) is 5.58. The zero-order valence-electron chi connectivity index (χ0n) is 29.4. The summed E-state index contributed by atoms with van der Waals surface area (Å²) in [6.07, 6.45) is 2.19. The third-order valence-corrected chi connectivity index (χ3v) is 10.2. The Morgan fingerprint density at radius 3 is 1.56 bits per heavy atom. The van der Waals surface area contributed by atoms with Gasteiger partial charge in [-0.25, -0.2) is 9.97 Å². The topological polar surface area (TPSA) is 34.0 Å². The predicted octanol–water partition coefficient (Wildman–Crippen LogP) is 13.1. The maximum Gasteiger partial charge on any atom is 0.160 e. The molecule has 1 aliphatic rings. The van der Waals surface area contributed by atoms with Gasteiger partial charge in [0.05, 0.1) is 28.5 Å². The van der Waals surface area contributed by atoms with Crippen LogP contribution in [0.15, 0.2) is 206 Å². The number of anilines is 3. The first kappa shape index (κ1) is 31.4. The van der Waals surface area contributed by atoms with E-state index in [1.54, 1.807) is 0 Å². The number of fused-ring (bicyclic) bond motifs is 5. The quantitative estimate of drug-likeness (QED) is 0.174. The lowest BCUT2D eigenvalue weighted by Crippen LogP contribution is -2.10. The molecule has 54 heavy (non-hydrogen) atoms. The highest BCUT2D eigenvalue weighted by molar-refractivity contribution is 6.02. The zero-order chi connectivity index (χ0) is 35.8. The number of rotatable bonds is 6. The first-order valence-electron chi connectivity index (χ1n) is 18.2. The number of hydrogen-bond acceptors (Lipinski definition) is 3. The molecule has 4 nitrogen and oxygen atoms in total. The van der Waals surface area contributed by atoms with Gasteiger partial charge in [-0.3, -0.25) is 0 Å². The summed E-state index contributed by atoms with van der Waals surface area (Å²) in [4.78, 5) is 12.5. The molecule has 254 valence electrons. The molecular formula is C50H34N4. The van der Waals surface area contributed by atoms with E-state index < -0.39 is 0 Å². The SMILES string of the molecule is c1ccc(-c2cc(-c3ccccc3)nc(-c3ccc(-c4cccc(N5c6ccccc6-c6ccccc6-c6c5ccn6-c5ccccc5)c4)cc3)n2)cc1. The van der Waals surface area contributed by atoms with Crippen molar-refractivity contribution >= 4 is 17.1 Å². The van der Waals surface area contributed by atoms with Crippen molar-refractivity contribution in [3.05, 3.63) is 206 Å². The summed E-state index contributed by atoms with van der Waals surface area (Å²) in [5.41, 5.74) is 16.4.